The number of amides is 1. The summed E-state index contributed by atoms with van der Waals surface area (Å²) in [5.41, 5.74) is 1.54. The molecule has 2 saturated heterocycles. The van der Waals surface area contributed by atoms with Crippen LogP contribution in [0.5, 0.6) is 5.75 Å². The highest BCUT2D eigenvalue weighted by Gasteiger charge is 2.42. The Bertz CT molecular complexity index is 799. The number of likely N-dealkylation sites (tertiary alicyclic amines) is 1. The average molecular weight is 370 g/mol. The van der Waals surface area contributed by atoms with E-state index in [0.29, 0.717) is 6.54 Å². The number of hydrogen-bond acceptors (Lipinski definition) is 4. The standard InChI is InChI=1S/C21H23FN2O3/c22-17-3-5-18(6-4-17)24-15-21(27-14-20(24)26)9-11-23(12-10-21)13-16-1-7-19(25)8-2-16/h1-8,25H,9-15H2. The summed E-state index contributed by atoms with van der Waals surface area (Å²) in [6.07, 6.45) is 1.69. The second-order valence-corrected chi connectivity index (χ2v) is 7.37. The van der Waals surface area contributed by atoms with Gasteiger partial charge in [0.2, 0.25) is 0 Å². The molecule has 0 bridgehead atoms. The fourth-order valence-electron chi connectivity index (χ4n) is 3.85. The number of hydrogen-bond donors (Lipinski definition) is 1. The molecule has 0 atom stereocenters. The Hall–Kier alpha value is -2.44. The van der Waals surface area contributed by atoms with Crippen molar-refractivity contribution < 1.29 is 19.0 Å². The molecule has 1 amide bonds. The molecule has 0 saturated carbocycles. The van der Waals surface area contributed by atoms with Gasteiger partial charge in [-0.1, -0.05) is 12.1 Å². The largest absolute Gasteiger partial charge is 0.508 e. The zero-order valence-electron chi connectivity index (χ0n) is 15.1. The molecule has 1 spiro atoms. The SMILES string of the molecule is O=C1COC2(CCN(Cc3ccc(O)cc3)CC2)CN1c1ccc(F)cc1. The number of nitrogens with zero attached hydrogens (tertiary/aromatic N) is 2. The predicted molar refractivity (Wildman–Crippen MR) is 100 cm³/mol. The highest BCUT2D eigenvalue weighted by Crippen LogP contribution is 2.33. The summed E-state index contributed by atoms with van der Waals surface area (Å²) < 4.78 is 19.2. The predicted octanol–water partition coefficient (Wildman–Crippen LogP) is 2.93. The van der Waals surface area contributed by atoms with Gasteiger partial charge < -0.3 is 14.7 Å². The Labute approximate surface area is 158 Å². The molecule has 4 rings (SSSR count). The van der Waals surface area contributed by atoms with Crippen LogP contribution in [-0.4, -0.2) is 47.8 Å². The topological polar surface area (TPSA) is 53.0 Å². The van der Waals surface area contributed by atoms with Crippen molar-refractivity contribution in [1.82, 2.24) is 4.90 Å². The summed E-state index contributed by atoms with van der Waals surface area (Å²) >= 11 is 0. The van der Waals surface area contributed by atoms with Gasteiger partial charge in [-0.3, -0.25) is 9.69 Å². The minimum Gasteiger partial charge on any atom is -0.508 e. The molecule has 0 unspecified atom stereocenters. The van der Waals surface area contributed by atoms with E-state index in [4.69, 9.17) is 4.74 Å². The fourth-order valence-corrected chi connectivity index (χ4v) is 3.85. The van der Waals surface area contributed by atoms with E-state index in [2.05, 4.69) is 4.90 Å². The summed E-state index contributed by atoms with van der Waals surface area (Å²) in [5.74, 6) is -0.118. The maximum Gasteiger partial charge on any atom is 0.253 e. The third-order valence-electron chi connectivity index (χ3n) is 5.50. The van der Waals surface area contributed by atoms with E-state index < -0.39 is 0 Å². The molecule has 5 nitrogen and oxygen atoms in total. The second kappa shape index (κ2) is 7.29. The summed E-state index contributed by atoms with van der Waals surface area (Å²) in [6.45, 7) is 3.16. The minimum absolute atomic E-state index is 0.0648. The Balaban J connectivity index is 1.40. The Morgan fingerprint density at radius 1 is 1.04 bits per heavy atom. The zero-order valence-corrected chi connectivity index (χ0v) is 15.1. The van der Waals surface area contributed by atoms with E-state index in [1.54, 1.807) is 29.2 Å². The van der Waals surface area contributed by atoms with Gasteiger partial charge in [-0.15, -0.1) is 0 Å². The lowest BCUT2D eigenvalue weighted by molar-refractivity contribution is -0.144. The number of phenolic OH excluding ortho intramolecular Hbond substituents is 1. The number of morpholine rings is 1. The molecular weight excluding hydrogens is 347 g/mol. The van der Waals surface area contributed by atoms with Gasteiger partial charge in [0, 0.05) is 25.3 Å². The molecule has 2 aromatic rings. The number of carbonyl (C=O) groups is 1. The minimum atomic E-state index is -0.340. The third-order valence-corrected chi connectivity index (χ3v) is 5.50. The smallest absolute Gasteiger partial charge is 0.253 e. The monoisotopic (exact) mass is 370 g/mol. The van der Waals surface area contributed by atoms with Crippen LogP contribution in [0.3, 0.4) is 0 Å². The summed E-state index contributed by atoms with van der Waals surface area (Å²) in [6, 6.07) is 13.3. The maximum absolute atomic E-state index is 13.2. The number of ether oxygens (including phenoxy) is 1. The van der Waals surface area contributed by atoms with Crippen molar-refractivity contribution in [1.29, 1.82) is 0 Å². The van der Waals surface area contributed by atoms with Crippen LogP contribution < -0.4 is 4.90 Å². The highest BCUT2D eigenvalue weighted by molar-refractivity contribution is 5.95. The summed E-state index contributed by atoms with van der Waals surface area (Å²) in [4.78, 5) is 16.4. The number of benzene rings is 2. The van der Waals surface area contributed by atoms with E-state index in [1.807, 2.05) is 12.1 Å². The molecule has 0 aromatic heterocycles. The van der Waals surface area contributed by atoms with Crippen LogP contribution in [0.2, 0.25) is 0 Å². The van der Waals surface area contributed by atoms with E-state index in [9.17, 15) is 14.3 Å². The lowest BCUT2D eigenvalue weighted by Gasteiger charge is -2.47. The number of rotatable bonds is 3. The van der Waals surface area contributed by atoms with Crippen LogP contribution in [-0.2, 0) is 16.1 Å². The van der Waals surface area contributed by atoms with Crippen molar-refractivity contribution in [3.8, 4) is 5.75 Å². The van der Waals surface area contributed by atoms with Gasteiger partial charge in [-0.05, 0) is 54.8 Å². The highest BCUT2D eigenvalue weighted by atomic mass is 19.1. The lowest BCUT2D eigenvalue weighted by Crippen LogP contribution is -2.58. The first-order valence-electron chi connectivity index (χ1n) is 9.23. The first-order valence-corrected chi connectivity index (χ1v) is 9.23. The molecule has 0 aliphatic carbocycles. The van der Waals surface area contributed by atoms with Crippen LogP contribution >= 0.6 is 0 Å². The van der Waals surface area contributed by atoms with Crippen molar-refractivity contribution in [2.45, 2.75) is 25.0 Å². The Kier molecular flexibility index (Phi) is 4.85. The number of halogens is 1. The molecule has 1 N–H and O–H groups in total. The van der Waals surface area contributed by atoms with Crippen LogP contribution in [0.25, 0.3) is 0 Å². The lowest BCUT2D eigenvalue weighted by atomic mass is 9.88. The van der Waals surface area contributed by atoms with Crippen molar-refractivity contribution in [2.75, 3.05) is 31.1 Å². The number of piperidine rings is 1. The molecular formula is C21H23FN2O3. The fraction of sp³-hybridized carbons (Fsp3) is 0.381. The van der Waals surface area contributed by atoms with E-state index >= 15 is 0 Å². The Morgan fingerprint density at radius 2 is 1.70 bits per heavy atom. The maximum atomic E-state index is 13.2. The van der Waals surface area contributed by atoms with Crippen molar-refractivity contribution in [3.05, 3.63) is 59.9 Å². The van der Waals surface area contributed by atoms with Gasteiger partial charge in [-0.2, -0.15) is 0 Å². The molecule has 27 heavy (non-hydrogen) atoms. The zero-order chi connectivity index (χ0) is 18.9. The van der Waals surface area contributed by atoms with Gasteiger partial charge in [0.05, 0.1) is 12.1 Å². The second-order valence-electron chi connectivity index (χ2n) is 7.37. The van der Waals surface area contributed by atoms with Crippen LogP contribution in [0.4, 0.5) is 10.1 Å². The Morgan fingerprint density at radius 3 is 2.37 bits per heavy atom. The van der Waals surface area contributed by atoms with Gasteiger partial charge >= 0.3 is 0 Å². The van der Waals surface area contributed by atoms with Gasteiger partial charge in [0.1, 0.15) is 18.2 Å². The first kappa shape index (κ1) is 17.9. The number of phenols is 1. The molecule has 2 heterocycles. The quantitative estimate of drug-likeness (QED) is 0.903. The first-order chi connectivity index (χ1) is 13.0. The number of carbonyl (C=O) groups excluding carboxylic acids is 1. The summed E-state index contributed by atoms with van der Waals surface area (Å²) in [7, 11) is 0. The number of aromatic hydroxyl groups is 1. The molecule has 142 valence electrons. The van der Waals surface area contributed by atoms with Crippen molar-refractivity contribution in [3.63, 3.8) is 0 Å². The molecule has 6 heteroatoms. The van der Waals surface area contributed by atoms with Crippen molar-refractivity contribution in [2.24, 2.45) is 0 Å². The van der Waals surface area contributed by atoms with E-state index in [1.165, 1.54) is 12.1 Å². The normalized spacial score (nSPS) is 20.2. The summed E-state index contributed by atoms with van der Waals surface area (Å²) in [5, 5.41) is 9.40. The molecule has 2 fully saturated rings. The van der Waals surface area contributed by atoms with E-state index in [-0.39, 0.29) is 29.7 Å². The van der Waals surface area contributed by atoms with Gasteiger partial charge in [-0.25, -0.2) is 4.39 Å². The molecule has 0 radical (unpaired) electrons. The van der Waals surface area contributed by atoms with Gasteiger partial charge in [0.25, 0.3) is 5.91 Å². The van der Waals surface area contributed by atoms with Crippen LogP contribution in [0, 0.1) is 5.82 Å². The molecule has 2 aliphatic rings. The van der Waals surface area contributed by atoms with Crippen LogP contribution in [0.1, 0.15) is 18.4 Å². The average Bonchev–Trinajstić information content (AvgIpc) is 2.68. The van der Waals surface area contributed by atoms with E-state index in [0.717, 1.165) is 43.7 Å². The van der Waals surface area contributed by atoms with Crippen molar-refractivity contribution >= 4 is 11.6 Å². The molecule has 2 aromatic carbocycles. The number of anilines is 1. The molecule has 2 aliphatic heterocycles. The van der Waals surface area contributed by atoms with Gasteiger partial charge in [0.15, 0.2) is 0 Å². The van der Waals surface area contributed by atoms with Crippen LogP contribution in [0.15, 0.2) is 48.5 Å². The third kappa shape index (κ3) is 3.96.